The van der Waals surface area contributed by atoms with Crippen molar-refractivity contribution in [1.29, 1.82) is 0 Å². The maximum Gasteiger partial charge on any atom is 0.416 e. The van der Waals surface area contributed by atoms with E-state index < -0.39 is 41.3 Å². The van der Waals surface area contributed by atoms with Crippen LogP contribution in [0.25, 0.3) is 0 Å². The summed E-state index contributed by atoms with van der Waals surface area (Å²) in [6, 6.07) is 1.32. The van der Waals surface area contributed by atoms with E-state index in [-0.39, 0.29) is 6.07 Å². The zero-order valence-electron chi connectivity index (χ0n) is 8.21. The number of benzene rings is 1. The molecular formula is C10H6F4O3. The Hall–Kier alpha value is -1.92. The third-order valence-electron chi connectivity index (χ3n) is 1.91. The molecule has 92 valence electrons. The van der Waals surface area contributed by atoms with Crippen LogP contribution in [0.4, 0.5) is 17.6 Å². The topological polar surface area (TPSA) is 54.4 Å². The quantitative estimate of drug-likeness (QED) is 0.509. The first-order chi connectivity index (χ1) is 7.71. The number of ketones is 1. The van der Waals surface area contributed by atoms with Crippen LogP contribution in [0.2, 0.25) is 0 Å². The van der Waals surface area contributed by atoms with Gasteiger partial charge in [0, 0.05) is 0 Å². The van der Waals surface area contributed by atoms with Crippen LogP contribution < -0.4 is 0 Å². The number of Topliss-reactive ketones (excluding diaryl/α,β-unsaturated/α-hetero) is 1. The summed E-state index contributed by atoms with van der Waals surface area (Å²) in [4.78, 5) is 21.3. The minimum atomic E-state index is -4.71. The van der Waals surface area contributed by atoms with Gasteiger partial charge in [0.25, 0.3) is 0 Å². The molecule has 0 heterocycles. The monoisotopic (exact) mass is 250 g/mol. The van der Waals surface area contributed by atoms with Crippen LogP contribution in [-0.4, -0.2) is 16.9 Å². The molecule has 0 saturated heterocycles. The van der Waals surface area contributed by atoms with Crippen molar-refractivity contribution in [3.63, 3.8) is 0 Å². The van der Waals surface area contributed by atoms with Gasteiger partial charge in [0.05, 0.1) is 11.1 Å². The Morgan fingerprint density at radius 2 is 1.82 bits per heavy atom. The first kappa shape index (κ1) is 13.1. The Morgan fingerprint density at radius 3 is 2.24 bits per heavy atom. The second-order valence-corrected chi connectivity index (χ2v) is 3.19. The lowest BCUT2D eigenvalue weighted by Crippen LogP contribution is -2.11. The van der Waals surface area contributed by atoms with E-state index in [0.29, 0.717) is 12.1 Å². The van der Waals surface area contributed by atoms with Crippen molar-refractivity contribution < 1.29 is 32.3 Å². The van der Waals surface area contributed by atoms with E-state index in [1.54, 1.807) is 0 Å². The maximum atomic E-state index is 13.2. The number of hydrogen-bond donors (Lipinski definition) is 1. The van der Waals surface area contributed by atoms with Gasteiger partial charge in [-0.1, -0.05) is 0 Å². The number of carbonyl (C=O) groups excluding carboxylic acids is 1. The van der Waals surface area contributed by atoms with Crippen molar-refractivity contribution in [3.05, 3.63) is 35.1 Å². The lowest BCUT2D eigenvalue weighted by Gasteiger charge is -2.08. The molecule has 0 atom stereocenters. The average molecular weight is 250 g/mol. The molecule has 7 heteroatoms. The van der Waals surface area contributed by atoms with Gasteiger partial charge in [0.15, 0.2) is 5.78 Å². The van der Waals surface area contributed by atoms with Crippen LogP contribution in [0.1, 0.15) is 22.3 Å². The van der Waals surface area contributed by atoms with E-state index in [9.17, 15) is 27.2 Å². The molecule has 0 amide bonds. The Labute approximate surface area is 92.7 Å². The Kier molecular flexibility index (Phi) is 3.50. The van der Waals surface area contributed by atoms with Gasteiger partial charge in [-0.15, -0.1) is 0 Å². The zero-order valence-corrected chi connectivity index (χ0v) is 8.21. The lowest BCUT2D eigenvalue weighted by atomic mass is 10.1. The standard InChI is InChI=1S/C10H6F4O3/c11-7-3-5(10(12,13)14)1-2-6(7)8(15)4-9(16)17/h1-3H,4H2,(H,16,17). The molecule has 1 rings (SSSR count). The minimum Gasteiger partial charge on any atom is -0.481 e. The number of alkyl halides is 3. The number of rotatable bonds is 3. The summed E-state index contributed by atoms with van der Waals surface area (Å²) < 4.78 is 49.7. The predicted molar refractivity (Wildman–Crippen MR) is 48.0 cm³/mol. The first-order valence-electron chi connectivity index (χ1n) is 4.33. The molecule has 1 N–H and O–H groups in total. The van der Waals surface area contributed by atoms with E-state index in [2.05, 4.69) is 0 Å². The van der Waals surface area contributed by atoms with E-state index in [0.717, 1.165) is 0 Å². The molecule has 0 aliphatic rings. The summed E-state index contributed by atoms with van der Waals surface area (Å²) in [5.41, 5.74) is -1.90. The number of carboxylic acid groups (broad SMARTS) is 1. The highest BCUT2D eigenvalue weighted by Crippen LogP contribution is 2.30. The van der Waals surface area contributed by atoms with Crippen molar-refractivity contribution in [2.45, 2.75) is 12.6 Å². The third kappa shape index (κ3) is 3.27. The SMILES string of the molecule is O=C(O)CC(=O)c1ccc(C(F)(F)F)cc1F. The molecule has 1 aromatic carbocycles. The molecule has 0 aliphatic carbocycles. The van der Waals surface area contributed by atoms with Gasteiger partial charge >= 0.3 is 12.1 Å². The summed E-state index contributed by atoms with van der Waals surface area (Å²) in [6.07, 6.45) is -5.68. The first-order valence-corrected chi connectivity index (χ1v) is 4.33. The molecule has 3 nitrogen and oxygen atoms in total. The van der Waals surface area contributed by atoms with E-state index in [4.69, 9.17) is 5.11 Å². The minimum absolute atomic E-state index is 0.162. The highest BCUT2D eigenvalue weighted by atomic mass is 19.4. The Morgan fingerprint density at radius 1 is 1.24 bits per heavy atom. The molecule has 0 radical (unpaired) electrons. The third-order valence-corrected chi connectivity index (χ3v) is 1.91. The largest absolute Gasteiger partial charge is 0.481 e. The summed E-state index contributed by atoms with van der Waals surface area (Å²) in [7, 11) is 0. The van der Waals surface area contributed by atoms with Crippen LogP contribution in [0, 0.1) is 5.82 Å². The molecule has 17 heavy (non-hydrogen) atoms. The van der Waals surface area contributed by atoms with E-state index >= 15 is 0 Å². The summed E-state index contributed by atoms with van der Waals surface area (Å²) in [5.74, 6) is -3.94. The maximum absolute atomic E-state index is 13.2. The normalized spacial score (nSPS) is 11.3. The van der Waals surface area contributed by atoms with Crippen molar-refractivity contribution in [2.24, 2.45) is 0 Å². The Bertz CT molecular complexity index is 465. The van der Waals surface area contributed by atoms with E-state index in [1.807, 2.05) is 0 Å². The highest BCUT2D eigenvalue weighted by molar-refractivity contribution is 6.05. The van der Waals surface area contributed by atoms with Gasteiger partial charge < -0.3 is 5.11 Å². The summed E-state index contributed by atoms with van der Waals surface area (Å²) >= 11 is 0. The molecule has 0 bridgehead atoms. The molecule has 1 aromatic rings. The zero-order chi connectivity index (χ0) is 13.2. The van der Waals surface area contributed by atoms with E-state index in [1.165, 1.54) is 0 Å². The number of halogens is 4. The van der Waals surface area contributed by atoms with Crippen molar-refractivity contribution >= 4 is 11.8 Å². The van der Waals surface area contributed by atoms with Crippen molar-refractivity contribution in [2.75, 3.05) is 0 Å². The summed E-state index contributed by atoms with van der Waals surface area (Å²) in [5, 5.41) is 8.30. The number of carbonyl (C=O) groups is 2. The highest BCUT2D eigenvalue weighted by Gasteiger charge is 2.31. The van der Waals surface area contributed by atoms with Crippen molar-refractivity contribution in [3.8, 4) is 0 Å². The number of hydrogen-bond acceptors (Lipinski definition) is 2. The van der Waals surface area contributed by atoms with Crippen LogP contribution in [0.15, 0.2) is 18.2 Å². The number of carboxylic acids is 1. The fourth-order valence-corrected chi connectivity index (χ4v) is 1.15. The van der Waals surface area contributed by atoms with Gasteiger partial charge in [-0.2, -0.15) is 13.2 Å². The predicted octanol–water partition coefficient (Wildman–Crippen LogP) is 2.50. The van der Waals surface area contributed by atoms with Gasteiger partial charge in [-0.25, -0.2) is 4.39 Å². The van der Waals surface area contributed by atoms with Gasteiger partial charge in [0.2, 0.25) is 0 Å². The van der Waals surface area contributed by atoms with Gasteiger partial charge in [-0.05, 0) is 18.2 Å². The van der Waals surface area contributed by atoms with Crippen LogP contribution in [0.5, 0.6) is 0 Å². The molecule has 0 saturated carbocycles. The molecule has 0 aliphatic heterocycles. The smallest absolute Gasteiger partial charge is 0.416 e. The Balaban J connectivity index is 3.06. The molecule has 0 unspecified atom stereocenters. The molecule has 0 spiro atoms. The molecule has 0 fully saturated rings. The van der Waals surface area contributed by atoms with Gasteiger partial charge in [-0.3, -0.25) is 9.59 Å². The average Bonchev–Trinajstić information content (AvgIpc) is 2.14. The second kappa shape index (κ2) is 4.52. The lowest BCUT2D eigenvalue weighted by molar-refractivity contribution is -0.138. The van der Waals surface area contributed by atoms with Crippen LogP contribution in [-0.2, 0) is 11.0 Å². The summed E-state index contributed by atoms with van der Waals surface area (Å²) in [6.45, 7) is 0. The van der Waals surface area contributed by atoms with Crippen molar-refractivity contribution in [1.82, 2.24) is 0 Å². The van der Waals surface area contributed by atoms with Crippen LogP contribution in [0.3, 0.4) is 0 Å². The van der Waals surface area contributed by atoms with Crippen LogP contribution >= 0.6 is 0 Å². The molecular weight excluding hydrogens is 244 g/mol. The van der Waals surface area contributed by atoms with Gasteiger partial charge in [0.1, 0.15) is 12.2 Å². The fraction of sp³-hybridized carbons (Fsp3) is 0.200. The second-order valence-electron chi connectivity index (χ2n) is 3.19. The number of aliphatic carboxylic acids is 1. The molecule has 0 aromatic heterocycles. The fourth-order valence-electron chi connectivity index (χ4n) is 1.15.